The number of morpholine rings is 1. The van der Waals surface area contributed by atoms with Gasteiger partial charge >= 0.3 is 5.97 Å². The number of nitrogens with zero attached hydrogens (tertiary/aromatic N) is 1. The van der Waals surface area contributed by atoms with E-state index in [1.807, 2.05) is 0 Å². The van der Waals surface area contributed by atoms with Crippen molar-refractivity contribution in [3.8, 4) is 11.5 Å². The Morgan fingerprint density at radius 2 is 2.18 bits per heavy atom. The van der Waals surface area contributed by atoms with Crippen molar-refractivity contribution in [3.63, 3.8) is 0 Å². The quantitative estimate of drug-likeness (QED) is 0.903. The smallest absolute Gasteiger partial charge is 0.306 e. The Morgan fingerprint density at radius 3 is 2.95 bits per heavy atom. The molecule has 0 spiro atoms. The number of fused-ring (bicyclic) bond motifs is 1. The third-order valence-corrected chi connectivity index (χ3v) is 3.78. The van der Waals surface area contributed by atoms with Crippen LogP contribution in [0, 0.1) is 0 Å². The van der Waals surface area contributed by atoms with Crippen LogP contribution < -0.4 is 9.47 Å². The molecule has 1 aromatic rings. The maximum absolute atomic E-state index is 12.6. The summed E-state index contributed by atoms with van der Waals surface area (Å²) in [5.74, 6) is -0.320. The molecule has 2 heterocycles. The summed E-state index contributed by atoms with van der Waals surface area (Å²) >= 11 is 6.08. The third-order valence-electron chi connectivity index (χ3n) is 3.50. The van der Waals surface area contributed by atoms with Crippen molar-refractivity contribution >= 4 is 23.5 Å². The van der Waals surface area contributed by atoms with Gasteiger partial charge in [-0.2, -0.15) is 0 Å². The molecule has 0 aromatic heterocycles. The molecule has 7 nitrogen and oxygen atoms in total. The summed E-state index contributed by atoms with van der Waals surface area (Å²) in [4.78, 5) is 24.9. The maximum atomic E-state index is 12.6. The largest absolute Gasteiger partial charge is 0.481 e. The molecule has 118 valence electrons. The summed E-state index contributed by atoms with van der Waals surface area (Å²) < 4.78 is 15.8. The van der Waals surface area contributed by atoms with Crippen LogP contribution in [0.5, 0.6) is 11.5 Å². The molecule has 8 heteroatoms. The molecule has 0 aliphatic carbocycles. The van der Waals surface area contributed by atoms with Crippen molar-refractivity contribution in [2.45, 2.75) is 12.5 Å². The minimum absolute atomic E-state index is 0.0743. The second kappa shape index (κ2) is 6.02. The van der Waals surface area contributed by atoms with Gasteiger partial charge in [0.15, 0.2) is 11.5 Å². The van der Waals surface area contributed by atoms with Crippen LogP contribution >= 0.6 is 11.6 Å². The Labute approximate surface area is 131 Å². The number of ether oxygens (including phenoxy) is 3. The lowest BCUT2D eigenvalue weighted by Crippen LogP contribution is -2.46. The number of rotatable bonds is 3. The van der Waals surface area contributed by atoms with Gasteiger partial charge in [0, 0.05) is 18.7 Å². The maximum Gasteiger partial charge on any atom is 0.306 e. The Kier molecular flexibility index (Phi) is 4.08. The number of carbonyl (C=O) groups is 2. The van der Waals surface area contributed by atoms with Gasteiger partial charge in [-0.25, -0.2) is 0 Å². The van der Waals surface area contributed by atoms with Crippen LogP contribution in [-0.2, 0) is 9.53 Å². The predicted molar refractivity (Wildman–Crippen MR) is 75.5 cm³/mol. The van der Waals surface area contributed by atoms with E-state index in [9.17, 15) is 9.59 Å². The summed E-state index contributed by atoms with van der Waals surface area (Å²) in [7, 11) is 0. The van der Waals surface area contributed by atoms with Crippen molar-refractivity contribution in [3.05, 3.63) is 22.7 Å². The molecular formula is C14H14ClNO6. The van der Waals surface area contributed by atoms with E-state index in [1.165, 1.54) is 6.07 Å². The van der Waals surface area contributed by atoms with E-state index in [1.54, 1.807) is 11.0 Å². The summed E-state index contributed by atoms with van der Waals surface area (Å²) in [6, 6.07) is 3.11. The molecule has 1 saturated heterocycles. The highest BCUT2D eigenvalue weighted by Crippen LogP contribution is 2.40. The van der Waals surface area contributed by atoms with E-state index < -0.39 is 12.1 Å². The molecule has 22 heavy (non-hydrogen) atoms. The normalized spacial score (nSPS) is 20.0. The van der Waals surface area contributed by atoms with Gasteiger partial charge in [0.25, 0.3) is 5.91 Å². The minimum Gasteiger partial charge on any atom is -0.481 e. The molecule has 3 rings (SSSR count). The van der Waals surface area contributed by atoms with E-state index in [0.29, 0.717) is 35.2 Å². The zero-order valence-electron chi connectivity index (χ0n) is 11.6. The van der Waals surface area contributed by atoms with Gasteiger partial charge in [0.1, 0.15) is 0 Å². The monoisotopic (exact) mass is 327 g/mol. The number of carbonyl (C=O) groups excluding carboxylic acids is 1. The number of carboxylic acids is 1. The van der Waals surface area contributed by atoms with E-state index >= 15 is 0 Å². The molecule has 1 fully saturated rings. The zero-order chi connectivity index (χ0) is 15.7. The van der Waals surface area contributed by atoms with Crippen LogP contribution in [-0.4, -0.2) is 54.5 Å². The lowest BCUT2D eigenvalue weighted by molar-refractivity contribution is -0.141. The second-order valence-corrected chi connectivity index (χ2v) is 5.44. The number of carboxylic acid groups (broad SMARTS) is 1. The number of halogens is 1. The number of hydrogen-bond donors (Lipinski definition) is 1. The van der Waals surface area contributed by atoms with Gasteiger partial charge < -0.3 is 24.2 Å². The average molecular weight is 328 g/mol. The van der Waals surface area contributed by atoms with Gasteiger partial charge in [-0.05, 0) is 12.1 Å². The lowest BCUT2D eigenvalue weighted by Gasteiger charge is -2.32. The van der Waals surface area contributed by atoms with Crippen molar-refractivity contribution in [2.75, 3.05) is 26.5 Å². The highest BCUT2D eigenvalue weighted by Gasteiger charge is 2.28. The van der Waals surface area contributed by atoms with Gasteiger partial charge in [0.05, 0.1) is 24.2 Å². The minimum atomic E-state index is -0.953. The van der Waals surface area contributed by atoms with Crippen LogP contribution in [0.3, 0.4) is 0 Å². The Balaban J connectivity index is 1.76. The average Bonchev–Trinajstić information content (AvgIpc) is 2.95. The van der Waals surface area contributed by atoms with Crippen molar-refractivity contribution in [1.82, 2.24) is 4.90 Å². The molecular weight excluding hydrogens is 314 g/mol. The summed E-state index contributed by atoms with van der Waals surface area (Å²) in [5.41, 5.74) is 0.380. The summed E-state index contributed by atoms with van der Waals surface area (Å²) in [6.45, 7) is 1.02. The van der Waals surface area contributed by atoms with Crippen molar-refractivity contribution < 1.29 is 28.9 Å². The predicted octanol–water partition coefficient (Wildman–Crippen LogP) is 1.38. The molecule has 0 unspecified atom stereocenters. The van der Waals surface area contributed by atoms with Crippen LogP contribution in [0.25, 0.3) is 0 Å². The third kappa shape index (κ3) is 2.95. The fourth-order valence-electron chi connectivity index (χ4n) is 2.50. The Morgan fingerprint density at radius 1 is 1.36 bits per heavy atom. The van der Waals surface area contributed by atoms with Crippen LogP contribution in [0.15, 0.2) is 12.1 Å². The fourth-order valence-corrected chi connectivity index (χ4v) is 2.76. The second-order valence-electron chi connectivity index (χ2n) is 5.03. The topological polar surface area (TPSA) is 85.3 Å². The molecule has 0 saturated carbocycles. The van der Waals surface area contributed by atoms with Gasteiger partial charge in [0.2, 0.25) is 6.79 Å². The van der Waals surface area contributed by atoms with Crippen molar-refractivity contribution in [2.24, 2.45) is 0 Å². The first-order valence-corrected chi connectivity index (χ1v) is 7.14. The van der Waals surface area contributed by atoms with Gasteiger partial charge in [-0.15, -0.1) is 0 Å². The molecule has 1 amide bonds. The first-order valence-electron chi connectivity index (χ1n) is 6.76. The van der Waals surface area contributed by atoms with Crippen LogP contribution in [0.2, 0.25) is 5.02 Å². The van der Waals surface area contributed by atoms with E-state index in [-0.39, 0.29) is 25.7 Å². The molecule has 0 radical (unpaired) electrons. The highest BCUT2D eigenvalue weighted by atomic mass is 35.5. The fraction of sp³-hybridized carbons (Fsp3) is 0.429. The molecule has 2 aliphatic heterocycles. The molecule has 2 aliphatic rings. The zero-order valence-corrected chi connectivity index (χ0v) is 12.3. The molecule has 1 aromatic carbocycles. The first-order chi connectivity index (χ1) is 10.5. The number of benzene rings is 1. The van der Waals surface area contributed by atoms with Crippen LogP contribution in [0.4, 0.5) is 0 Å². The van der Waals surface area contributed by atoms with Gasteiger partial charge in [-0.1, -0.05) is 11.6 Å². The standard InChI is InChI=1S/C14H14ClNO6/c15-10-3-8(4-11-13(10)22-7-21-11)14(19)16-1-2-20-9(6-16)5-12(17)18/h3-4,9H,1-2,5-7H2,(H,17,18)/t9-/m1/s1. The summed E-state index contributed by atoms with van der Waals surface area (Å²) in [5, 5.41) is 9.13. The molecule has 1 N–H and O–H groups in total. The van der Waals surface area contributed by atoms with E-state index in [0.717, 1.165) is 0 Å². The van der Waals surface area contributed by atoms with E-state index in [2.05, 4.69) is 0 Å². The molecule has 0 bridgehead atoms. The SMILES string of the molecule is O=C(O)C[C@@H]1CN(C(=O)c2cc(Cl)c3c(c2)OCO3)CCO1. The Hall–Kier alpha value is -1.99. The lowest BCUT2D eigenvalue weighted by atomic mass is 10.1. The molecule has 1 atom stereocenters. The first kappa shape index (κ1) is 14.9. The number of aliphatic carboxylic acids is 1. The Bertz CT molecular complexity index is 620. The van der Waals surface area contributed by atoms with Crippen molar-refractivity contribution in [1.29, 1.82) is 0 Å². The highest BCUT2D eigenvalue weighted by molar-refractivity contribution is 6.32. The van der Waals surface area contributed by atoms with E-state index in [4.69, 9.17) is 30.9 Å². The number of amides is 1. The van der Waals surface area contributed by atoms with Crippen LogP contribution in [0.1, 0.15) is 16.8 Å². The number of hydrogen-bond acceptors (Lipinski definition) is 5. The van der Waals surface area contributed by atoms with Gasteiger partial charge in [-0.3, -0.25) is 9.59 Å². The summed E-state index contributed by atoms with van der Waals surface area (Å²) in [6.07, 6.45) is -0.634.